The Kier molecular flexibility index (Phi) is 3.05. The van der Waals surface area contributed by atoms with E-state index in [1.807, 2.05) is 0 Å². The minimum Gasteiger partial charge on any atom is -0.297 e. The minimum absolute atomic E-state index is 0.747. The van der Waals surface area contributed by atoms with E-state index in [0.29, 0.717) is 0 Å². The molecule has 1 fully saturated rings. The average molecular weight is 179 g/mol. The Morgan fingerprint density at radius 1 is 1.08 bits per heavy atom. The quantitative estimate of drug-likeness (QED) is 0.589. The zero-order chi connectivity index (χ0) is 9.10. The molecule has 13 heavy (non-hydrogen) atoms. The van der Waals surface area contributed by atoms with Crippen molar-refractivity contribution < 1.29 is 0 Å². The van der Waals surface area contributed by atoms with Crippen LogP contribution in [-0.4, -0.2) is 24.0 Å². The van der Waals surface area contributed by atoms with E-state index in [9.17, 15) is 0 Å². The first-order valence-electron chi connectivity index (χ1n) is 5.76. The van der Waals surface area contributed by atoms with Crippen LogP contribution in [-0.2, 0) is 0 Å². The van der Waals surface area contributed by atoms with Crippen LogP contribution in [0.2, 0.25) is 0 Å². The molecule has 0 aromatic carbocycles. The molecule has 0 heterocycles. The summed E-state index contributed by atoms with van der Waals surface area (Å²) in [6.07, 6.45) is 14.6. The molecule has 2 aliphatic rings. The summed E-state index contributed by atoms with van der Waals surface area (Å²) < 4.78 is 0. The van der Waals surface area contributed by atoms with E-state index in [2.05, 4.69) is 24.1 Å². The number of rotatable bonds is 2. The molecule has 0 radical (unpaired) electrons. The van der Waals surface area contributed by atoms with Crippen LogP contribution in [0.4, 0.5) is 0 Å². The SMILES string of the molecule is CN(C1C=CCCC1)C1CCCC1. The van der Waals surface area contributed by atoms with E-state index in [0.717, 1.165) is 12.1 Å². The standard InChI is InChI=1S/C12H21N/c1-13(12-9-5-6-10-12)11-7-3-2-4-8-11/h3,7,11-12H,2,4-6,8-10H2,1H3. The van der Waals surface area contributed by atoms with Crippen LogP contribution < -0.4 is 0 Å². The van der Waals surface area contributed by atoms with Crippen LogP contribution >= 0.6 is 0 Å². The van der Waals surface area contributed by atoms with Gasteiger partial charge in [-0.1, -0.05) is 25.0 Å². The molecule has 0 aromatic rings. The second-order valence-corrected chi connectivity index (χ2v) is 4.53. The Bertz CT molecular complexity index is 180. The number of nitrogens with zero attached hydrogens (tertiary/aromatic N) is 1. The van der Waals surface area contributed by atoms with Crippen LogP contribution in [0.5, 0.6) is 0 Å². The molecule has 1 unspecified atom stereocenters. The van der Waals surface area contributed by atoms with Gasteiger partial charge in [-0.25, -0.2) is 0 Å². The van der Waals surface area contributed by atoms with Crippen molar-refractivity contribution in [3.63, 3.8) is 0 Å². The number of allylic oxidation sites excluding steroid dienone is 1. The van der Waals surface area contributed by atoms with E-state index in [-0.39, 0.29) is 0 Å². The van der Waals surface area contributed by atoms with Crippen molar-refractivity contribution in [1.82, 2.24) is 4.90 Å². The van der Waals surface area contributed by atoms with Crippen LogP contribution in [0.15, 0.2) is 12.2 Å². The molecule has 0 saturated heterocycles. The van der Waals surface area contributed by atoms with Crippen molar-refractivity contribution >= 4 is 0 Å². The zero-order valence-electron chi connectivity index (χ0n) is 8.71. The average Bonchev–Trinajstić information content (AvgIpc) is 2.71. The Hall–Kier alpha value is -0.300. The molecule has 74 valence electrons. The van der Waals surface area contributed by atoms with Crippen molar-refractivity contribution in [2.24, 2.45) is 0 Å². The number of hydrogen-bond acceptors (Lipinski definition) is 1. The topological polar surface area (TPSA) is 3.24 Å². The third-order valence-corrected chi connectivity index (χ3v) is 3.65. The first-order valence-corrected chi connectivity index (χ1v) is 5.76. The highest BCUT2D eigenvalue weighted by atomic mass is 15.2. The van der Waals surface area contributed by atoms with Gasteiger partial charge in [-0.3, -0.25) is 4.90 Å². The molecule has 0 N–H and O–H groups in total. The lowest BCUT2D eigenvalue weighted by Gasteiger charge is -2.32. The first kappa shape index (κ1) is 9.26. The second-order valence-electron chi connectivity index (χ2n) is 4.53. The van der Waals surface area contributed by atoms with E-state index in [1.54, 1.807) is 0 Å². The Morgan fingerprint density at radius 3 is 2.46 bits per heavy atom. The van der Waals surface area contributed by atoms with Crippen molar-refractivity contribution in [3.8, 4) is 0 Å². The summed E-state index contributed by atoms with van der Waals surface area (Å²) >= 11 is 0. The maximum atomic E-state index is 2.61. The molecule has 2 aliphatic carbocycles. The van der Waals surface area contributed by atoms with E-state index in [4.69, 9.17) is 0 Å². The fraction of sp³-hybridized carbons (Fsp3) is 0.833. The van der Waals surface area contributed by atoms with Crippen molar-refractivity contribution in [3.05, 3.63) is 12.2 Å². The van der Waals surface area contributed by atoms with Gasteiger partial charge in [0.15, 0.2) is 0 Å². The predicted molar refractivity (Wildman–Crippen MR) is 56.8 cm³/mol. The van der Waals surface area contributed by atoms with Crippen LogP contribution in [0.25, 0.3) is 0 Å². The molecule has 2 rings (SSSR count). The summed E-state index contributed by atoms with van der Waals surface area (Å²) in [5.41, 5.74) is 0. The molecule has 0 spiro atoms. The van der Waals surface area contributed by atoms with Crippen molar-refractivity contribution in [1.29, 1.82) is 0 Å². The van der Waals surface area contributed by atoms with Crippen molar-refractivity contribution in [2.75, 3.05) is 7.05 Å². The van der Waals surface area contributed by atoms with Gasteiger partial charge < -0.3 is 0 Å². The lowest BCUT2D eigenvalue weighted by Crippen LogP contribution is -2.38. The van der Waals surface area contributed by atoms with Gasteiger partial charge in [0.1, 0.15) is 0 Å². The summed E-state index contributed by atoms with van der Waals surface area (Å²) in [4.78, 5) is 2.61. The maximum absolute atomic E-state index is 2.61. The monoisotopic (exact) mass is 179 g/mol. The van der Waals surface area contributed by atoms with Gasteiger partial charge >= 0.3 is 0 Å². The Balaban J connectivity index is 1.90. The minimum atomic E-state index is 0.747. The third kappa shape index (κ3) is 2.14. The summed E-state index contributed by atoms with van der Waals surface area (Å²) in [6, 6.07) is 1.63. The fourth-order valence-corrected chi connectivity index (χ4v) is 2.72. The summed E-state index contributed by atoms with van der Waals surface area (Å²) in [7, 11) is 2.32. The van der Waals surface area contributed by atoms with Gasteiger partial charge in [0, 0.05) is 12.1 Å². The zero-order valence-corrected chi connectivity index (χ0v) is 8.71. The van der Waals surface area contributed by atoms with Gasteiger partial charge in [-0.05, 0) is 39.2 Å². The highest BCUT2D eigenvalue weighted by Crippen LogP contribution is 2.26. The molecule has 0 aromatic heterocycles. The normalized spacial score (nSPS) is 30.2. The van der Waals surface area contributed by atoms with Crippen LogP contribution in [0, 0.1) is 0 Å². The molecule has 1 nitrogen and oxygen atoms in total. The summed E-state index contributed by atoms with van der Waals surface area (Å²) in [6.45, 7) is 0. The lowest BCUT2D eigenvalue weighted by molar-refractivity contribution is 0.191. The third-order valence-electron chi connectivity index (χ3n) is 3.65. The summed E-state index contributed by atoms with van der Waals surface area (Å²) in [5, 5.41) is 0. The fourth-order valence-electron chi connectivity index (χ4n) is 2.72. The molecule has 1 saturated carbocycles. The first-order chi connectivity index (χ1) is 6.38. The van der Waals surface area contributed by atoms with E-state index < -0.39 is 0 Å². The van der Waals surface area contributed by atoms with Gasteiger partial charge in [0.25, 0.3) is 0 Å². The van der Waals surface area contributed by atoms with Gasteiger partial charge in [-0.2, -0.15) is 0 Å². The summed E-state index contributed by atoms with van der Waals surface area (Å²) in [5.74, 6) is 0. The Labute approximate surface area is 81.8 Å². The Morgan fingerprint density at radius 2 is 1.85 bits per heavy atom. The van der Waals surface area contributed by atoms with Gasteiger partial charge in [0.2, 0.25) is 0 Å². The molecule has 0 aliphatic heterocycles. The van der Waals surface area contributed by atoms with Crippen molar-refractivity contribution in [2.45, 2.75) is 57.0 Å². The van der Waals surface area contributed by atoms with Gasteiger partial charge in [-0.15, -0.1) is 0 Å². The maximum Gasteiger partial charge on any atom is 0.0278 e. The van der Waals surface area contributed by atoms with E-state index in [1.165, 1.54) is 44.9 Å². The lowest BCUT2D eigenvalue weighted by atomic mass is 10.00. The largest absolute Gasteiger partial charge is 0.297 e. The molecule has 1 heteroatoms. The molecule has 0 bridgehead atoms. The molecular formula is C12H21N. The molecular weight excluding hydrogens is 158 g/mol. The van der Waals surface area contributed by atoms with E-state index >= 15 is 0 Å². The number of likely N-dealkylation sites (N-methyl/N-ethyl adjacent to an activating group) is 1. The highest BCUT2D eigenvalue weighted by Gasteiger charge is 2.24. The second kappa shape index (κ2) is 4.28. The molecule has 0 amide bonds. The van der Waals surface area contributed by atoms with Gasteiger partial charge in [0.05, 0.1) is 0 Å². The predicted octanol–water partition coefficient (Wildman–Crippen LogP) is 2.97. The van der Waals surface area contributed by atoms with Crippen LogP contribution in [0.1, 0.15) is 44.9 Å². The highest BCUT2D eigenvalue weighted by molar-refractivity contribution is 4.99. The number of hydrogen-bond donors (Lipinski definition) is 0. The smallest absolute Gasteiger partial charge is 0.0278 e. The van der Waals surface area contributed by atoms with Crippen LogP contribution in [0.3, 0.4) is 0 Å². The molecule has 1 atom stereocenters.